The molecule has 2 amide bonds. The van der Waals surface area contributed by atoms with E-state index in [-0.39, 0.29) is 43.0 Å². The number of hydrogen-bond acceptors (Lipinski definition) is 3. The summed E-state index contributed by atoms with van der Waals surface area (Å²) in [4.78, 5) is 27.6. The van der Waals surface area contributed by atoms with Crippen molar-refractivity contribution in [3.05, 3.63) is 29.8 Å². The van der Waals surface area contributed by atoms with Gasteiger partial charge in [0.1, 0.15) is 6.42 Å². The second kappa shape index (κ2) is 5.97. The third kappa shape index (κ3) is 2.76. The Hall–Kier alpha value is -2.09. The summed E-state index contributed by atoms with van der Waals surface area (Å²) in [6.07, 6.45) is -4.51. The van der Waals surface area contributed by atoms with Crippen molar-refractivity contribution in [1.29, 1.82) is 0 Å². The quantitative estimate of drug-likeness (QED) is 0.888. The molecule has 2 heterocycles. The summed E-state index contributed by atoms with van der Waals surface area (Å²) in [5.74, 6) is -1.29. The van der Waals surface area contributed by atoms with Crippen molar-refractivity contribution < 1.29 is 27.9 Å². The molecule has 3 aliphatic rings. The summed E-state index contributed by atoms with van der Waals surface area (Å²) in [6, 6.07) is 6.06. The van der Waals surface area contributed by atoms with Crippen LogP contribution in [0.1, 0.15) is 30.7 Å². The van der Waals surface area contributed by atoms with E-state index >= 15 is 0 Å². The van der Waals surface area contributed by atoms with Crippen molar-refractivity contribution >= 4 is 17.5 Å². The Bertz CT molecular complexity index is 747. The van der Waals surface area contributed by atoms with Gasteiger partial charge >= 0.3 is 6.18 Å². The van der Waals surface area contributed by atoms with Crippen LogP contribution in [0.4, 0.5) is 18.9 Å². The van der Waals surface area contributed by atoms with Crippen LogP contribution in [-0.4, -0.2) is 53.2 Å². The summed E-state index contributed by atoms with van der Waals surface area (Å²) >= 11 is 0. The minimum atomic E-state index is -4.58. The fraction of sp³-hybridized carbons (Fsp3) is 0.556. The number of benzene rings is 1. The SMILES string of the molecule is O=C(CC(F)(F)F)N1C[C@@H]2[C@H](c3ccccc31)[C@H](CO)N2C(=O)C1CC1. The third-order valence-electron chi connectivity index (χ3n) is 5.52. The fourth-order valence-corrected chi connectivity index (χ4v) is 4.24. The van der Waals surface area contributed by atoms with Gasteiger partial charge in [0.05, 0.1) is 18.7 Å². The molecule has 5 nitrogen and oxygen atoms in total. The van der Waals surface area contributed by atoms with Crippen molar-refractivity contribution in [2.45, 2.75) is 43.4 Å². The Balaban J connectivity index is 1.67. The number of amides is 2. The van der Waals surface area contributed by atoms with E-state index in [2.05, 4.69) is 0 Å². The number of alkyl halides is 3. The van der Waals surface area contributed by atoms with E-state index in [0.29, 0.717) is 5.69 Å². The van der Waals surface area contributed by atoms with E-state index < -0.39 is 18.5 Å². The maximum absolute atomic E-state index is 12.7. The third-order valence-corrected chi connectivity index (χ3v) is 5.52. The van der Waals surface area contributed by atoms with Crippen LogP contribution in [0.25, 0.3) is 0 Å². The lowest BCUT2D eigenvalue weighted by Crippen LogP contribution is -2.71. The number of likely N-dealkylation sites (tertiary alicyclic amines) is 1. The van der Waals surface area contributed by atoms with Crippen LogP contribution >= 0.6 is 0 Å². The normalized spacial score (nSPS) is 27.5. The average molecular weight is 368 g/mol. The van der Waals surface area contributed by atoms with Crippen molar-refractivity contribution in [3.8, 4) is 0 Å². The molecule has 0 bridgehead atoms. The van der Waals surface area contributed by atoms with Gasteiger partial charge in [-0.25, -0.2) is 0 Å². The van der Waals surface area contributed by atoms with Crippen LogP contribution in [0.15, 0.2) is 24.3 Å². The van der Waals surface area contributed by atoms with Crippen molar-refractivity contribution in [1.82, 2.24) is 4.90 Å². The highest BCUT2D eigenvalue weighted by Crippen LogP contribution is 2.50. The first-order valence-corrected chi connectivity index (χ1v) is 8.71. The zero-order valence-electron chi connectivity index (χ0n) is 13.9. The molecule has 0 unspecified atom stereocenters. The van der Waals surface area contributed by atoms with Crippen LogP contribution in [0.3, 0.4) is 0 Å². The smallest absolute Gasteiger partial charge is 0.394 e. The van der Waals surface area contributed by atoms with Crippen molar-refractivity contribution in [2.75, 3.05) is 18.1 Å². The van der Waals surface area contributed by atoms with Gasteiger partial charge in [0.15, 0.2) is 0 Å². The Morgan fingerprint density at radius 1 is 1.19 bits per heavy atom. The molecule has 1 N–H and O–H groups in total. The second-order valence-corrected chi connectivity index (χ2v) is 7.22. The van der Waals surface area contributed by atoms with Crippen molar-refractivity contribution in [3.63, 3.8) is 0 Å². The molecule has 1 saturated carbocycles. The van der Waals surface area contributed by atoms with E-state index in [9.17, 15) is 27.9 Å². The van der Waals surface area contributed by atoms with Crippen LogP contribution < -0.4 is 4.90 Å². The Kier molecular flexibility index (Phi) is 3.98. The number of fused-ring (bicyclic) bond motifs is 3. The molecular weight excluding hydrogens is 349 g/mol. The topological polar surface area (TPSA) is 60.9 Å². The molecule has 8 heteroatoms. The van der Waals surface area contributed by atoms with Crippen molar-refractivity contribution in [2.24, 2.45) is 5.92 Å². The molecule has 2 fully saturated rings. The van der Waals surface area contributed by atoms with Gasteiger partial charge in [-0.3, -0.25) is 9.59 Å². The molecule has 1 aromatic rings. The number of halogens is 3. The van der Waals surface area contributed by atoms with E-state index in [4.69, 9.17) is 0 Å². The lowest BCUT2D eigenvalue weighted by Gasteiger charge is -2.59. The summed E-state index contributed by atoms with van der Waals surface area (Å²) in [7, 11) is 0. The Morgan fingerprint density at radius 2 is 1.88 bits per heavy atom. The standard InChI is InChI=1S/C18H19F3N2O3/c19-18(20,21)7-15(25)22-8-13-16(11-3-1-2-4-12(11)22)14(9-24)23(13)17(26)10-5-6-10/h1-4,10,13-14,16,24H,5-9H2/t13-,14+,16+/m1/s1. The van der Waals surface area contributed by atoms with Crippen LogP contribution in [-0.2, 0) is 9.59 Å². The predicted molar refractivity (Wildman–Crippen MR) is 86.4 cm³/mol. The maximum Gasteiger partial charge on any atom is 0.397 e. The zero-order chi connectivity index (χ0) is 18.6. The highest BCUT2D eigenvalue weighted by atomic mass is 19.4. The van der Waals surface area contributed by atoms with Gasteiger partial charge < -0.3 is 14.9 Å². The van der Waals surface area contributed by atoms with Gasteiger partial charge in [0, 0.05) is 24.1 Å². The average Bonchev–Trinajstić information content (AvgIpc) is 3.38. The van der Waals surface area contributed by atoms with E-state index in [1.54, 1.807) is 29.2 Å². The fourth-order valence-electron chi connectivity index (χ4n) is 4.24. The molecule has 2 aliphatic heterocycles. The Labute approximate surface area is 148 Å². The highest BCUT2D eigenvalue weighted by Gasteiger charge is 2.57. The van der Waals surface area contributed by atoms with Gasteiger partial charge in [0.25, 0.3) is 0 Å². The van der Waals surface area contributed by atoms with E-state index in [0.717, 1.165) is 23.3 Å². The van der Waals surface area contributed by atoms with Gasteiger partial charge in [-0.2, -0.15) is 13.2 Å². The lowest BCUT2D eigenvalue weighted by atomic mass is 9.71. The van der Waals surface area contributed by atoms with Gasteiger partial charge in [-0.15, -0.1) is 0 Å². The van der Waals surface area contributed by atoms with Crippen LogP contribution in [0.2, 0.25) is 0 Å². The highest BCUT2D eigenvalue weighted by molar-refractivity contribution is 5.96. The molecule has 140 valence electrons. The number of aliphatic hydroxyl groups excluding tert-OH is 1. The number of carbonyl (C=O) groups is 2. The molecule has 26 heavy (non-hydrogen) atoms. The van der Waals surface area contributed by atoms with Gasteiger partial charge in [0.2, 0.25) is 11.8 Å². The van der Waals surface area contributed by atoms with Gasteiger partial charge in [-0.05, 0) is 24.5 Å². The summed E-state index contributed by atoms with van der Waals surface area (Å²) < 4.78 is 38.1. The number of rotatable bonds is 3. The molecule has 3 atom stereocenters. The molecule has 1 aromatic carbocycles. The first kappa shape index (κ1) is 17.3. The number of para-hydroxylation sites is 1. The first-order valence-electron chi connectivity index (χ1n) is 8.71. The summed E-state index contributed by atoms with van der Waals surface area (Å²) in [5, 5.41) is 9.78. The minimum Gasteiger partial charge on any atom is -0.394 e. The first-order chi connectivity index (χ1) is 12.3. The number of aliphatic hydroxyl groups is 1. The predicted octanol–water partition coefficient (Wildman–Crippen LogP) is 2.05. The number of anilines is 1. The molecule has 0 aromatic heterocycles. The minimum absolute atomic E-state index is 0.0333. The lowest BCUT2D eigenvalue weighted by molar-refractivity contribution is -0.156. The second-order valence-electron chi connectivity index (χ2n) is 7.22. The Morgan fingerprint density at radius 3 is 2.50 bits per heavy atom. The maximum atomic E-state index is 12.7. The number of nitrogens with zero attached hydrogens (tertiary/aromatic N) is 2. The molecule has 0 radical (unpaired) electrons. The number of hydrogen-bond donors (Lipinski definition) is 1. The monoisotopic (exact) mass is 368 g/mol. The molecule has 1 saturated heterocycles. The molecular formula is C18H19F3N2O3. The molecule has 0 spiro atoms. The summed E-state index contributed by atoms with van der Waals surface area (Å²) in [6.45, 7) is -0.171. The van der Waals surface area contributed by atoms with Gasteiger partial charge in [-0.1, -0.05) is 18.2 Å². The van der Waals surface area contributed by atoms with E-state index in [1.165, 1.54) is 0 Å². The number of carbonyl (C=O) groups excluding carboxylic acids is 2. The van der Waals surface area contributed by atoms with E-state index in [1.807, 2.05) is 0 Å². The molecule has 1 aliphatic carbocycles. The van der Waals surface area contributed by atoms with Crippen LogP contribution in [0, 0.1) is 5.92 Å². The largest absolute Gasteiger partial charge is 0.397 e. The van der Waals surface area contributed by atoms with Crippen LogP contribution in [0.5, 0.6) is 0 Å². The molecule has 4 rings (SSSR count). The zero-order valence-corrected chi connectivity index (χ0v) is 13.9. The summed E-state index contributed by atoms with van der Waals surface area (Å²) in [5.41, 5.74) is 1.16.